The number of carboxylic acids is 1. The summed E-state index contributed by atoms with van der Waals surface area (Å²) in [7, 11) is 0. The molecule has 1 rings (SSSR count). The van der Waals surface area contributed by atoms with Crippen LogP contribution in [0.3, 0.4) is 0 Å². The van der Waals surface area contributed by atoms with Crippen LogP contribution >= 0.6 is 0 Å². The molecule has 76 valence electrons. The van der Waals surface area contributed by atoms with Crippen molar-refractivity contribution in [1.29, 1.82) is 0 Å². The van der Waals surface area contributed by atoms with E-state index in [-0.39, 0.29) is 12.0 Å². The lowest BCUT2D eigenvalue weighted by Gasteiger charge is -2.03. The molecule has 0 aliphatic heterocycles. The molecular formula is C11H13FO2. The van der Waals surface area contributed by atoms with Crippen LogP contribution in [0.4, 0.5) is 4.39 Å². The average Bonchev–Trinajstić information content (AvgIpc) is 2.10. The number of halogens is 1. The zero-order chi connectivity index (χ0) is 10.6. The van der Waals surface area contributed by atoms with Gasteiger partial charge in [0.1, 0.15) is 5.82 Å². The van der Waals surface area contributed by atoms with Crippen LogP contribution in [0.1, 0.15) is 24.5 Å². The van der Waals surface area contributed by atoms with Crippen LogP contribution in [0.2, 0.25) is 0 Å². The number of benzene rings is 1. The summed E-state index contributed by atoms with van der Waals surface area (Å²) in [5.74, 6) is -1.44. The standard InChI is InChI=1S/C11H13FO2/c1-2-3-8-4-5-10(12)9(6-8)7-11(13)14/h4-6H,2-3,7H2,1H3,(H,13,14). The van der Waals surface area contributed by atoms with Crippen LogP contribution < -0.4 is 0 Å². The molecule has 0 fully saturated rings. The normalized spacial score (nSPS) is 10.1. The van der Waals surface area contributed by atoms with Crippen LogP contribution in [0.5, 0.6) is 0 Å². The van der Waals surface area contributed by atoms with Gasteiger partial charge in [0.2, 0.25) is 0 Å². The monoisotopic (exact) mass is 196 g/mol. The third-order valence-corrected chi connectivity index (χ3v) is 1.99. The predicted octanol–water partition coefficient (Wildman–Crippen LogP) is 2.41. The van der Waals surface area contributed by atoms with Gasteiger partial charge in [0.15, 0.2) is 0 Å². The molecule has 14 heavy (non-hydrogen) atoms. The maximum Gasteiger partial charge on any atom is 0.307 e. The lowest BCUT2D eigenvalue weighted by Crippen LogP contribution is -2.03. The highest BCUT2D eigenvalue weighted by Crippen LogP contribution is 2.12. The molecule has 0 aliphatic carbocycles. The maximum atomic E-state index is 13.1. The Labute approximate surface area is 82.4 Å². The minimum Gasteiger partial charge on any atom is -0.481 e. The summed E-state index contributed by atoms with van der Waals surface area (Å²) in [6.07, 6.45) is 1.58. The number of rotatable bonds is 4. The van der Waals surface area contributed by atoms with E-state index in [1.54, 1.807) is 12.1 Å². The van der Waals surface area contributed by atoms with E-state index < -0.39 is 11.8 Å². The predicted molar refractivity (Wildman–Crippen MR) is 51.7 cm³/mol. The van der Waals surface area contributed by atoms with Crippen LogP contribution in [0.15, 0.2) is 18.2 Å². The summed E-state index contributed by atoms with van der Waals surface area (Å²) in [4.78, 5) is 10.4. The molecular weight excluding hydrogens is 183 g/mol. The minimum absolute atomic E-state index is 0.247. The topological polar surface area (TPSA) is 37.3 Å². The molecule has 0 heterocycles. The Kier molecular flexibility index (Phi) is 3.63. The van der Waals surface area contributed by atoms with Gasteiger partial charge in [-0.3, -0.25) is 4.79 Å². The molecule has 1 aromatic rings. The smallest absolute Gasteiger partial charge is 0.307 e. The lowest BCUT2D eigenvalue weighted by atomic mass is 10.0. The van der Waals surface area contributed by atoms with Gasteiger partial charge in [-0.1, -0.05) is 25.5 Å². The molecule has 3 heteroatoms. The zero-order valence-corrected chi connectivity index (χ0v) is 8.09. The van der Waals surface area contributed by atoms with Crippen molar-refractivity contribution >= 4 is 5.97 Å². The first-order valence-corrected chi connectivity index (χ1v) is 4.62. The average molecular weight is 196 g/mol. The Balaban J connectivity index is 2.90. The van der Waals surface area contributed by atoms with Gasteiger partial charge in [0, 0.05) is 0 Å². The Morgan fingerprint density at radius 2 is 2.21 bits per heavy atom. The molecule has 0 amide bonds. The fourth-order valence-corrected chi connectivity index (χ4v) is 1.37. The van der Waals surface area contributed by atoms with Crippen LogP contribution in [0, 0.1) is 5.82 Å². The van der Waals surface area contributed by atoms with E-state index in [0.717, 1.165) is 18.4 Å². The molecule has 1 N–H and O–H groups in total. The summed E-state index contributed by atoms with van der Waals surface area (Å²) in [6.45, 7) is 2.03. The summed E-state index contributed by atoms with van der Waals surface area (Å²) in [5.41, 5.74) is 1.26. The van der Waals surface area contributed by atoms with Crippen molar-refractivity contribution in [3.8, 4) is 0 Å². The van der Waals surface area contributed by atoms with Crippen molar-refractivity contribution in [2.45, 2.75) is 26.2 Å². The molecule has 0 atom stereocenters. The van der Waals surface area contributed by atoms with E-state index in [1.165, 1.54) is 6.07 Å². The van der Waals surface area contributed by atoms with Crippen molar-refractivity contribution in [2.24, 2.45) is 0 Å². The first kappa shape index (κ1) is 10.7. The molecule has 0 bridgehead atoms. The van der Waals surface area contributed by atoms with E-state index in [1.807, 2.05) is 6.92 Å². The van der Waals surface area contributed by atoms with Gasteiger partial charge in [-0.05, 0) is 23.6 Å². The number of hydrogen-bond acceptors (Lipinski definition) is 1. The number of aryl methyl sites for hydroxylation is 1. The summed E-state index contributed by atoms with van der Waals surface area (Å²) in [6, 6.07) is 4.67. The molecule has 0 saturated carbocycles. The van der Waals surface area contributed by atoms with Crippen molar-refractivity contribution in [3.63, 3.8) is 0 Å². The quantitative estimate of drug-likeness (QED) is 0.802. The Bertz CT molecular complexity index is 334. The summed E-state index contributed by atoms with van der Waals surface area (Å²) < 4.78 is 13.1. The van der Waals surface area contributed by atoms with Gasteiger partial charge < -0.3 is 5.11 Å². The van der Waals surface area contributed by atoms with Gasteiger partial charge in [0.05, 0.1) is 6.42 Å². The Morgan fingerprint density at radius 1 is 1.50 bits per heavy atom. The Morgan fingerprint density at radius 3 is 2.79 bits per heavy atom. The molecule has 2 nitrogen and oxygen atoms in total. The van der Waals surface area contributed by atoms with E-state index in [9.17, 15) is 9.18 Å². The number of aliphatic carboxylic acids is 1. The molecule has 0 radical (unpaired) electrons. The van der Waals surface area contributed by atoms with E-state index >= 15 is 0 Å². The number of carboxylic acid groups (broad SMARTS) is 1. The van der Waals surface area contributed by atoms with Crippen molar-refractivity contribution in [3.05, 3.63) is 35.1 Å². The third-order valence-electron chi connectivity index (χ3n) is 1.99. The molecule has 0 spiro atoms. The highest BCUT2D eigenvalue weighted by Gasteiger charge is 2.07. The highest BCUT2D eigenvalue weighted by molar-refractivity contribution is 5.70. The minimum atomic E-state index is -1.00. The van der Waals surface area contributed by atoms with Gasteiger partial charge >= 0.3 is 5.97 Å². The largest absolute Gasteiger partial charge is 0.481 e. The maximum absolute atomic E-state index is 13.1. The fraction of sp³-hybridized carbons (Fsp3) is 0.364. The highest BCUT2D eigenvalue weighted by atomic mass is 19.1. The zero-order valence-electron chi connectivity index (χ0n) is 8.09. The van der Waals surface area contributed by atoms with E-state index in [0.29, 0.717) is 0 Å². The second kappa shape index (κ2) is 4.74. The SMILES string of the molecule is CCCc1ccc(F)c(CC(=O)O)c1. The Hall–Kier alpha value is -1.38. The molecule has 0 unspecified atom stereocenters. The van der Waals surface area contributed by atoms with Gasteiger partial charge in [-0.15, -0.1) is 0 Å². The number of hydrogen-bond donors (Lipinski definition) is 1. The second-order valence-electron chi connectivity index (χ2n) is 3.25. The fourth-order valence-electron chi connectivity index (χ4n) is 1.37. The first-order valence-electron chi connectivity index (χ1n) is 4.62. The van der Waals surface area contributed by atoms with E-state index in [2.05, 4.69) is 0 Å². The van der Waals surface area contributed by atoms with E-state index in [4.69, 9.17) is 5.11 Å². The first-order chi connectivity index (χ1) is 6.63. The van der Waals surface area contributed by atoms with Crippen molar-refractivity contribution in [1.82, 2.24) is 0 Å². The molecule has 1 aromatic carbocycles. The number of carbonyl (C=O) groups is 1. The molecule has 0 aromatic heterocycles. The van der Waals surface area contributed by atoms with Crippen LogP contribution in [-0.2, 0) is 17.6 Å². The summed E-state index contributed by atoms with van der Waals surface area (Å²) in [5, 5.41) is 8.55. The molecule has 0 aliphatic rings. The van der Waals surface area contributed by atoms with Gasteiger partial charge in [0.25, 0.3) is 0 Å². The summed E-state index contributed by atoms with van der Waals surface area (Å²) >= 11 is 0. The van der Waals surface area contributed by atoms with Crippen molar-refractivity contribution in [2.75, 3.05) is 0 Å². The van der Waals surface area contributed by atoms with Gasteiger partial charge in [-0.2, -0.15) is 0 Å². The van der Waals surface area contributed by atoms with Gasteiger partial charge in [-0.25, -0.2) is 4.39 Å². The molecule has 0 saturated heterocycles. The van der Waals surface area contributed by atoms with Crippen LogP contribution in [-0.4, -0.2) is 11.1 Å². The van der Waals surface area contributed by atoms with Crippen LogP contribution in [0.25, 0.3) is 0 Å². The van der Waals surface area contributed by atoms with Crippen molar-refractivity contribution < 1.29 is 14.3 Å². The lowest BCUT2D eigenvalue weighted by molar-refractivity contribution is -0.136. The second-order valence-corrected chi connectivity index (χ2v) is 3.25. The third kappa shape index (κ3) is 2.83.